The van der Waals surface area contributed by atoms with Crippen LogP contribution in [0, 0.1) is 11.6 Å². The number of nitrogens with one attached hydrogen (secondary N) is 1. The lowest BCUT2D eigenvalue weighted by molar-refractivity contribution is -0.123. The number of fused-ring (bicyclic) bond motifs is 2. The van der Waals surface area contributed by atoms with Gasteiger partial charge in [0.25, 0.3) is 0 Å². The van der Waals surface area contributed by atoms with Crippen LogP contribution in [0.15, 0.2) is 12.1 Å². The number of hydrogen-bond donors (Lipinski definition) is 1. The fourth-order valence-corrected chi connectivity index (χ4v) is 3.37. The van der Waals surface area contributed by atoms with Crippen LogP contribution in [0.2, 0.25) is 0 Å². The zero-order chi connectivity index (χ0) is 14.5. The third-order valence-electron chi connectivity index (χ3n) is 4.50. The van der Waals surface area contributed by atoms with Crippen LogP contribution in [0.4, 0.5) is 14.5 Å². The highest BCUT2D eigenvalue weighted by Gasteiger charge is 2.50. The third kappa shape index (κ3) is 2.42. The molecule has 1 aromatic carbocycles. The van der Waals surface area contributed by atoms with Crippen molar-refractivity contribution in [1.29, 1.82) is 0 Å². The van der Waals surface area contributed by atoms with Gasteiger partial charge in [0.1, 0.15) is 11.6 Å². The van der Waals surface area contributed by atoms with E-state index in [0.29, 0.717) is 24.6 Å². The molecular weight excluding hydrogens is 298 g/mol. The summed E-state index contributed by atoms with van der Waals surface area (Å²) in [6.07, 6.45) is 1.49. The number of likely N-dealkylation sites (tertiary alicyclic amines) is 1. The summed E-state index contributed by atoms with van der Waals surface area (Å²) in [5.41, 5.74) is -0.173. The highest BCUT2D eigenvalue weighted by molar-refractivity contribution is 6.06. The quantitative estimate of drug-likeness (QED) is 0.863. The third-order valence-corrected chi connectivity index (χ3v) is 4.50. The fourth-order valence-electron chi connectivity index (χ4n) is 3.37. The second-order valence-corrected chi connectivity index (χ2v) is 6.01. The molecule has 0 saturated carbocycles. The van der Waals surface area contributed by atoms with Crippen LogP contribution in [-0.4, -0.2) is 29.9 Å². The summed E-state index contributed by atoms with van der Waals surface area (Å²) in [5, 5.41) is 2.61. The van der Waals surface area contributed by atoms with E-state index < -0.39 is 17.0 Å². The van der Waals surface area contributed by atoms with Crippen molar-refractivity contribution in [3.63, 3.8) is 0 Å². The van der Waals surface area contributed by atoms with Crippen molar-refractivity contribution in [2.45, 2.75) is 38.1 Å². The van der Waals surface area contributed by atoms with E-state index in [1.165, 1.54) is 6.07 Å². The Morgan fingerprint density at radius 1 is 1.33 bits per heavy atom. The Morgan fingerprint density at radius 2 is 2.05 bits per heavy atom. The van der Waals surface area contributed by atoms with E-state index in [0.717, 1.165) is 19.0 Å². The smallest absolute Gasteiger partial charge is 0.236 e. The van der Waals surface area contributed by atoms with Gasteiger partial charge in [0.05, 0.1) is 11.1 Å². The Bertz CT molecular complexity index is 579. The molecule has 1 atom stereocenters. The minimum Gasteiger partial charge on any atom is -0.323 e. The Labute approximate surface area is 129 Å². The summed E-state index contributed by atoms with van der Waals surface area (Å²) in [6, 6.07) is 2.43. The van der Waals surface area contributed by atoms with Gasteiger partial charge in [0.2, 0.25) is 5.91 Å². The maximum atomic E-state index is 13.9. The topological polar surface area (TPSA) is 32.3 Å². The number of anilines is 1. The summed E-state index contributed by atoms with van der Waals surface area (Å²) in [7, 11) is 0. The molecule has 3 rings (SSSR count). The predicted molar refractivity (Wildman–Crippen MR) is 79.9 cm³/mol. The van der Waals surface area contributed by atoms with Gasteiger partial charge in [-0.2, -0.15) is 0 Å². The highest BCUT2D eigenvalue weighted by Crippen LogP contribution is 2.45. The van der Waals surface area contributed by atoms with Gasteiger partial charge in [0.15, 0.2) is 0 Å². The fraction of sp³-hybridized carbons (Fsp3) is 0.533. The number of carbonyl (C=O) groups excluding carboxylic acids is 1. The van der Waals surface area contributed by atoms with Crippen molar-refractivity contribution in [2.75, 3.05) is 18.4 Å². The van der Waals surface area contributed by atoms with Crippen molar-refractivity contribution in [3.05, 3.63) is 29.3 Å². The zero-order valence-corrected chi connectivity index (χ0v) is 12.9. The van der Waals surface area contributed by atoms with Gasteiger partial charge in [-0.3, -0.25) is 9.69 Å². The van der Waals surface area contributed by atoms with Crippen molar-refractivity contribution < 1.29 is 13.6 Å². The molecule has 1 aromatic rings. The van der Waals surface area contributed by atoms with Gasteiger partial charge < -0.3 is 5.32 Å². The van der Waals surface area contributed by atoms with Crippen molar-refractivity contribution in [1.82, 2.24) is 4.90 Å². The summed E-state index contributed by atoms with van der Waals surface area (Å²) >= 11 is 0. The number of rotatable bonds is 1. The van der Waals surface area contributed by atoms with Crippen LogP contribution >= 0.6 is 12.4 Å². The molecule has 0 unspecified atom stereocenters. The Morgan fingerprint density at radius 3 is 2.71 bits per heavy atom. The lowest BCUT2D eigenvalue weighted by atomic mass is 9.74. The van der Waals surface area contributed by atoms with Gasteiger partial charge in [0, 0.05) is 18.7 Å². The van der Waals surface area contributed by atoms with Crippen LogP contribution in [0.25, 0.3) is 0 Å². The Balaban J connectivity index is 0.00000161. The molecule has 2 aliphatic rings. The predicted octanol–water partition coefficient (Wildman–Crippen LogP) is 3.08. The molecule has 1 amide bonds. The molecule has 0 bridgehead atoms. The lowest BCUT2D eigenvalue weighted by Crippen LogP contribution is -2.52. The van der Waals surface area contributed by atoms with Crippen LogP contribution in [0.1, 0.15) is 32.3 Å². The second-order valence-electron chi connectivity index (χ2n) is 6.01. The number of carbonyl (C=O) groups is 1. The van der Waals surface area contributed by atoms with Crippen molar-refractivity contribution in [2.24, 2.45) is 0 Å². The van der Waals surface area contributed by atoms with Crippen LogP contribution in [-0.2, 0) is 10.2 Å². The van der Waals surface area contributed by atoms with E-state index in [1.54, 1.807) is 0 Å². The first-order valence-corrected chi connectivity index (χ1v) is 6.99. The molecule has 1 spiro atoms. The molecule has 2 heterocycles. The molecule has 2 aliphatic heterocycles. The first kappa shape index (κ1) is 16.2. The minimum absolute atomic E-state index is 0. The summed E-state index contributed by atoms with van der Waals surface area (Å²) in [6.45, 7) is 5.57. The molecule has 6 heteroatoms. The molecule has 1 saturated heterocycles. The van der Waals surface area contributed by atoms with E-state index in [1.807, 2.05) is 0 Å². The average Bonchev–Trinajstić information content (AvgIpc) is 2.65. The average molecular weight is 317 g/mol. The monoisotopic (exact) mass is 316 g/mol. The molecular formula is C15H19ClF2N2O. The molecule has 0 aliphatic carbocycles. The van der Waals surface area contributed by atoms with E-state index >= 15 is 0 Å². The maximum Gasteiger partial charge on any atom is 0.236 e. The zero-order valence-electron chi connectivity index (χ0n) is 12.1. The first-order valence-electron chi connectivity index (χ1n) is 6.99. The molecule has 1 N–H and O–H groups in total. The van der Waals surface area contributed by atoms with Gasteiger partial charge >= 0.3 is 0 Å². The van der Waals surface area contributed by atoms with Crippen LogP contribution < -0.4 is 5.32 Å². The van der Waals surface area contributed by atoms with E-state index in [4.69, 9.17) is 0 Å². The number of amides is 1. The molecule has 116 valence electrons. The summed E-state index contributed by atoms with van der Waals surface area (Å²) in [5.74, 6) is -1.52. The maximum absolute atomic E-state index is 13.9. The summed E-state index contributed by atoms with van der Waals surface area (Å²) in [4.78, 5) is 14.6. The normalized spacial score (nSPS) is 24.9. The molecule has 3 nitrogen and oxygen atoms in total. The minimum atomic E-state index is -0.805. The van der Waals surface area contributed by atoms with E-state index in [-0.39, 0.29) is 24.0 Å². The molecule has 0 aromatic heterocycles. The van der Waals surface area contributed by atoms with Crippen molar-refractivity contribution >= 4 is 24.0 Å². The summed E-state index contributed by atoms with van der Waals surface area (Å²) < 4.78 is 27.4. The van der Waals surface area contributed by atoms with Gasteiger partial charge in [-0.15, -0.1) is 12.4 Å². The Kier molecular flexibility index (Phi) is 4.26. The Hall–Kier alpha value is -1.20. The number of hydrogen-bond acceptors (Lipinski definition) is 2. The first-order chi connectivity index (χ1) is 9.44. The number of piperidine rings is 1. The van der Waals surface area contributed by atoms with Gasteiger partial charge in [-0.25, -0.2) is 8.78 Å². The number of halogens is 3. The van der Waals surface area contributed by atoms with Gasteiger partial charge in [-0.1, -0.05) is 0 Å². The van der Waals surface area contributed by atoms with Gasteiger partial charge in [-0.05, 0) is 44.9 Å². The second kappa shape index (κ2) is 5.54. The van der Waals surface area contributed by atoms with Crippen LogP contribution in [0.3, 0.4) is 0 Å². The lowest BCUT2D eigenvalue weighted by Gasteiger charge is -2.41. The van der Waals surface area contributed by atoms with E-state index in [2.05, 4.69) is 24.1 Å². The number of nitrogens with zero attached hydrogens (tertiary/aromatic N) is 1. The highest BCUT2D eigenvalue weighted by atomic mass is 35.5. The standard InChI is InChI=1S/C15H18F2N2O.ClH/c1-9(2)19-5-3-4-15(8-19)11-6-10(16)7-12(17)13(11)18-14(15)20;/h6-7,9H,3-5,8H2,1-2H3,(H,18,20);1H/t15-;/m1./s1. The number of benzene rings is 1. The SMILES string of the molecule is CC(C)N1CCC[C@]2(C1)C(=O)Nc1c(F)cc(F)cc12.Cl. The van der Waals surface area contributed by atoms with E-state index in [9.17, 15) is 13.6 Å². The van der Waals surface area contributed by atoms with Crippen LogP contribution in [0.5, 0.6) is 0 Å². The largest absolute Gasteiger partial charge is 0.323 e. The molecule has 1 fully saturated rings. The molecule has 21 heavy (non-hydrogen) atoms. The van der Waals surface area contributed by atoms with Crippen molar-refractivity contribution in [3.8, 4) is 0 Å². The molecule has 0 radical (unpaired) electrons.